The van der Waals surface area contributed by atoms with Gasteiger partial charge in [0.05, 0.1) is 29.8 Å². The van der Waals surface area contributed by atoms with Gasteiger partial charge >= 0.3 is 0 Å². The van der Waals surface area contributed by atoms with E-state index in [1.165, 1.54) is 42.1 Å². The van der Waals surface area contributed by atoms with Gasteiger partial charge in [-0.2, -0.15) is 5.10 Å². The summed E-state index contributed by atoms with van der Waals surface area (Å²) in [4.78, 5) is 29.9. The Labute approximate surface area is 184 Å². The Morgan fingerprint density at radius 3 is 2.77 bits per heavy atom. The van der Waals surface area contributed by atoms with Crippen LogP contribution in [0.4, 0.5) is 10.1 Å². The molecule has 0 bridgehead atoms. The number of methoxy groups -OCH3 is 1. The zero-order valence-corrected chi connectivity index (χ0v) is 17.6. The molecule has 158 valence electrons. The van der Waals surface area contributed by atoms with Gasteiger partial charge in [-0.3, -0.25) is 19.3 Å². The molecule has 0 fully saturated rings. The van der Waals surface area contributed by atoms with Crippen LogP contribution in [0.5, 0.6) is 5.75 Å². The number of rotatable bonds is 6. The molecular formula is C20H15ClFN5O3S. The van der Waals surface area contributed by atoms with Crippen LogP contribution in [0.15, 0.2) is 58.6 Å². The van der Waals surface area contributed by atoms with E-state index in [0.29, 0.717) is 33.2 Å². The summed E-state index contributed by atoms with van der Waals surface area (Å²) >= 11 is 7.30. The molecule has 0 aliphatic carbocycles. The maximum Gasteiger partial charge on any atom is 0.269 e. The highest BCUT2D eigenvalue weighted by molar-refractivity contribution is 7.99. The fourth-order valence-corrected chi connectivity index (χ4v) is 3.91. The fraction of sp³-hybridized carbons (Fsp3) is 0.100. The Kier molecular flexibility index (Phi) is 5.92. The van der Waals surface area contributed by atoms with E-state index in [4.69, 9.17) is 16.3 Å². The Hall–Kier alpha value is -3.37. The largest absolute Gasteiger partial charge is 0.495 e. The Bertz CT molecular complexity index is 1320. The molecule has 2 N–H and O–H groups in total. The number of nitrogens with zero attached hydrogens (tertiary/aromatic N) is 3. The Morgan fingerprint density at radius 1 is 1.29 bits per heavy atom. The maximum absolute atomic E-state index is 13.1. The number of thioether (sulfide) groups is 1. The standard InChI is InChI=1S/C20H15ClFN5O3S/c1-30-16-7-6-13(8-15(16)21)27-19(29)14-9-23-26-18(14)25-20(27)31-10-17(28)24-12-4-2-11(22)3-5-12/h2-9H,10H2,1H3,(H,23,26)(H,24,28). The first kappa shape index (κ1) is 20.9. The summed E-state index contributed by atoms with van der Waals surface area (Å²) < 4.78 is 19.6. The van der Waals surface area contributed by atoms with Crippen molar-refractivity contribution >= 4 is 46.0 Å². The van der Waals surface area contributed by atoms with Crippen molar-refractivity contribution in [3.63, 3.8) is 0 Å². The first-order chi connectivity index (χ1) is 15.0. The van der Waals surface area contributed by atoms with Crippen molar-refractivity contribution in [2.24, 2.45) is 0 Å². The molecule has 31 heavy (non-hydrogen) atoms. The van der Waals surface area contributed by atoms with Crippen LogP contribution in [0, 0.1) is 5.82 Å². The molecule has 4 aromatic rings. The molecule has 4 rings (SSSR count). The number of fused-ring (bicyclic) bond motifs is 1. The number of aromatic amines is 1. The van der Waals surface area contributed by atoms with Crippen molar-refractivity contribution in [2.75, 3.05) is 18.2 Å². The lowest BCUT2D eigenvalue weighted by molar-refractivity contribution is -0.113. The van der Waals surface area contributed by atoms with Crippen LogP contribution in [0.1, 0.15) is 0 Å². The minimum Gasteiger partial charge on any atom is -0.495 e. The number of hydrogen-bond donors (Lipinski definition) is 2. The molecule has 0 atom stereocenters. The molecule has 0 unspecified atom stereocenters. The lowest BCUT2D eigenvalue weighted by atomic mass is 10.3. The summed E-state index contributed by atoms with van der Waals surface area (Å²) in [6.07, 6.45) is 1.39. The average molecular weight is 460 g/mol. The molecule has 0 spiro atoms. The highest BCUT2D eigenvalue weighted by Crippen LogP contribution is 2.28. The predicted octanol–water partition coefficient (Wildman–Crippen LogP) is 3.64. The summed E-state index contributed by atoms with van der Waals surface area (Å²) in [5.41, 5.74) is 0.875. The highest BCUT2D eigenvalue weighted by atomic mass is 35.5. The van der Waals surface area contributed by atoms with Crippen molar-refractivity contribution in [3.05, 3.63) is 69.9 Å². The van der Waals surface area contributed by atoms with Crippen LogP contribution in [0.2, 0.25) is 5.02 Å². The topological polar surface area (TPSA) is 102 Å². The third-order valence-electron chi connectivity index (χ3n) is 4.31. The molecule has 0 aliphatic heterocycles. The van der Waals surface area contributed by atoms with Crippen molar-refractivity contribution in [1.82, 2.24) is 19.7 Å². The van der Waals surface area contributed by atoms with Gasteiger partial charge < -0.3 is 10.1 Å². The first-order valence-corrected chi connectivity index (χ1v) is 10.3. The van der Waals surface area contributed by atoms with Crippen molar-refractivity contribution < 1.29 is 13.9 Å². The van der Waals surface area contributed by atoms with Crippen LogP contribution >= 0.6 is 23.4 Å². The van der Waals surface area contributed by atoms with Gasteiger partial charge in [0.1, 0.15) is 17.0 Å². The number of amides is 1. The monoisotopic (exact) mass is 459 g/mol. The Balaban J connectivity index is 1.65. The molecule has 2 aromatic heterocycles. The molecule has 0 radical (unpaired) electrons. The van der Waals surface area contributed by atoms with Crippen LogP contribution < -0.4 is 15.6 Å². The van der Waals surface area contributed by atoms with Gasteiger partial charge in [0.2, 0.25) is 5.91 Å². The van der Waals surface area contributed by atoms with E-state index in [1.54, 1.807) is 18.2 Å². The van der Waals surface area contributed by atoms with E-state index >= 15 is 0 Å². The van der Waals surface area contributed by atoms with E-state index in [-0.39, 0.29) is 22.4 Å². The maximum atomic E-state index is 13.1. The minimum atomic E-state index is -0.397. The summed E-state index contributed by atoms with van der Waals surface area (Å²) in [7, 11) is 1.49. The van der Waals surface area contributed by atoms with E-state index in [0.717, 1.165) is 11.8 Å². The number of anilines is 1. The second kappa shape index (κ2) is 8.78. The SMILES string of the molecule is COc1ccc(-n2c(SCC(=O)Nc3ccc(F)cc3)nc3[nH]ncc3c2=O)cc1Cl. The van der Waals surface area contributed by atoms with Gasteiger partial charge in [-0.15, -0.1) is 0 Å². The Morgan fingerprint density at radius 2 is 2.06 bits per heavy atom. The summed E-state index contributed by atoms with van der Waals surface area (Å²) in [5.74, 6) is -0.307. The number of halogens is 2. The van der Waals surface area contributed by atoms with Crippen LogP contribution in [0.25, 0.3) is 16.7 Å². The van der Waals surface area contributed by atoms with Gasteiger partial charge in [-0.1, -0.05) is 23.4 Å². The number of ether oxygens (including phenoxy) is 1. The number of aromatic nitrogens is 4. The van der Waals surface area contributed by atoms with Crippen LogP contribution in [-0.2, 0) is 4.79 Å². The second-order valence-electron chi connectivity index (χ2n) is 6.33. The lowest BCUT2D eigenvalue weighted by Gasteiger charge is -2.13. The molecular weight excluding hydrogens is 445 g/mol. The van der Waals surface area contributed by atoms with E-state index in [1.807, 2.05) is 0 Å². The average Bonchev–Trinajstić information content (AvgIpc) is 3.23. The van der Waals surface area contributed by atoms with Gasteiger partial charge in [0.25, 0.3) is 5.56 Å². The van der Waals surface area contributed by atoms with Gasteiger partial charge in [-0.05, 0) is 42.5 Å². The number of H-pyrrole nitrogens is 1. The van der Waals surface area contributed by atoms with Gasteiger partial charge in [0, 0.05) is 5.69 Å². The fourth-order valence-electron chi connectivity index (χ4n) is 2.85. The zero-order chi connectivity index (χ0) is 22.0. The number of benzene rings is 2. The molecule has 2 aromatic carbocycles. The normalized spacial score (nSPS) is 10.9. The summed E-state index contributed by atoms with van der Waals surface area (Å²) in [6, 6.07) is 10.3. The number of carbonyl (C=O) groups excluding carboxylic acids is 1. The summed E-state index contributed by atoms with van der Waals surface area (Å²) in [6.45, 7) is 0. The second-order valence-corrected chi connectivity index (χ2v) is 7.68. The highest BCUT2D eigenvalue weighted by Gasteiger charge is 2.17. The predicted molar refractivity (Wildman–Crippen MR) is 117 cm³/mol. The van der Waals surface area contributed by atoms with Crippen molar-refractivity contribution in [2.45, 2.75) is 5.16 Å². The van der Waals surface area contributed by atoms with Gasteiger partial charge in [0.15, 0.2) is 10.8 Å². The molecule has 2 heterocycles. The van der Waals surface area contributed by atoms with Crippen LogP contribution in [-0.4, -0.2) is 38.5 Å². The first-order valence-electron chi connectivity index (χ1n) is 8.94. The number of hydrogen-bond acceptors (Lipinski definition) is 6. The molecule has 0 saturated carbocycles. The van der Waals surface area contributed by atoms with E-state index < -0.39 is 5.82 Å². The smallest absolute Gasteiger partial charge is 0.269 e. The molecule has 1 amide bonds. The molecule has 0 aliphatic rings. The zero-order valence-electron chi connectivity index (χ0n) is 16.1. The lowest BCUT2D eigenvalue weighted by Crippen LogP contribution is -2.22. The minimum absolute atomic E-state index is 0.0344. The third-order valence-corrected chi connectivity index (χ3v) is 5.54. The van der Waals surface area contributed by atoms with E-state index in [2.05, 4.69) is 20.5 Å². The molecule has 8 nitrogen and oxygen atoms in total. The quantitative estimate of drug-likeness (QED) is 0.337. The van der Waals surface area contributed by atoms with Crippen LogP contribution in [0.3, 0.4) is 0 Å². The summed E-state index contributed by atoms with van der Waals surface area (Å²) in [5, 5.41) is 10.1. The molecule has 0 saturated heterocycles. The number of nitrogens with one attached hydrogen (secondary N) is 2. The van der Waals surface area contributed by atoms with Crippen molar-refractivity contribution in [3.8, 4) is 11.4 Å². The van der Waals surface area contributed by atoms with Crippen molar-refractivity contribution in [1.29, 1.82) is 0 Å². The number of carbonyl (C=O) groups is 1. The van der Waals surface area contributed by atoms with E-state index in [9.17, 15) is 14.0 Å². The van der Waals surface area contributed by atoms with Gasteiger partial charge in [-0.25, -0.2) is 9.37 Å². The molecule has 11 heteroatoms. The third kappa shape index (κ3) is 4.39.